The standard InChI is InChI=1S/C25H20BrF3N2O4/c1-23-7-8-24(35-23,9-10-34-17-4-2-3-15(26)11-17)20-19(23)21(32)31(22(20)33)16-6-5-14(13-30)18(12-16)25(27,28)29/h2-6,11-12,19-20H,7-10H2,1H3. The molecule has 0 radical (unpaired) electrons. The average molecular weight is 549 g/mol. The van der Waals surface area contributed by atoms with Gasteiger partial charge in [-0.15, -0.1) is 0 Å². The zero-order valence-corrected chi connectivity index (χ0v) is 20.1. The average Bonchev–Trinajstić information content (AvgIpc) is 3.37. The molecule has 4 atom stereocenters. The Hall–Kier alpha value is -2.90. The first kappa shape index (κ1) is 23.8. The molecule has 2 amide bonds. The predicted molar refractivity (Wildman–Crippen MR) is 121 cm³/mol. The summed E-state index contributed by atoms with van der Waals surface area (Å²) in [7, 11) is 0. The third-order valence-corrected chi connectivity index (χ3v) is 7.78. The molecule has 3 aliphatic rings. The van der Waals surface area contributed by atoms with Gasteiger partial charge >= 0.3 is 6.18 Å². The van der Waals surface area contributed by atoms with Crippen LogP contribution in [0, 0.1) is 23.2 Å². The number of carbonyl (C=O) groups excluding carboxylic acids is 2. The number of hydrogen-bond donors (Lipinski definition) is 0. The van der Waals surface area contributed by atoms with Crippen molar-refractivity contribution in [1.29, 1.82) is 5.26 Å². The van der Waals surface area contributed by atoms with Crippen LogP contribution in [0.15, 0.2) is 46.9 Å². The molecule has 182 valence electrons. The van der Waals surface area contributed by atoms with Gasteiger partial charge in [0.25, 0.3) is 0 Å². The second-order valence-electron chi connectivity index (χ2n) is 9.34. The summed E-state index contributed by atoms with van der Waals surface area (Å²) in [5.74, 6) is -2.12. The second-order valence-corrected chi connectivity index (χ2v) is 10.3. The highest BCUT2D eigenvalue weighted by atomic mass is 79.9. The molecule has 6 nitrogen and oxygen atoms in total. The molecule has 10 heteroatoms. The smallest absolute Gasteiger partial charge is 0.417 e. The van der Waals surface area contributed by atoms with Gasteiger partial charge in [0.05, 0.1) is 52.5 Å². The molecule has 0 spiro atoms. The zero-order chi connectivity index (χ0) is 25.2. The van der Waals surface area contributed by atoms with E-state index in [0.29, 0.717) is 31.1 Å². The van der Waals surface area contributed by atoms with E-state index in [0.717, 1.165) is 15.4 Å². The minimum Gasteiger partial charge on any atom is -0.493 e. The highest BCUT2D eigenvalue weighted by Gasteiger charge is 2.73. The van der Waals surface area contributed by atoms with Crippen LogP contribution >= 0.6 is 15.9 Å². The number of benzene rings is 2. The summed E-state index contributed by atoms with van der Waals surface area (Å²) >= 11 is 3.38. The molecule has 4 unspecified atom stereocenters. The number of nitriles is 1. The normalized spacial score (nSPS) is 29.4. The number of rotatable bonds is 5. The van der Waals surface area contributed by atoms with Gasteiger partial charge in [-0.3, -0.25) is 9.59 Å². The van der Waals surface area contributed by atoms with Gasteiger partial charge in [0.2, 0.25) is 11.8 Å². The molecule has 35 heavy (non-hydrogen) atoms. The van der Waals surface area contributed by atoms with Crippen molar-refractivity contribution in [3.8, 4) is 11.8 Å². The lowest BCUT2D eigenvalue weighted by molar-refractivity contribution is -0.138. The monoisotopic (exact) mass is 548 g/mol. The molecule has 3 saturated heterocycles. The van der Waals surface area contributed by atoms with Crippen molar-refractivity contribution in [2.24, 2.45) is 11.8 Å². The molecular weight excluding hydrogens is 529 g/mol. The van der Waals surface area contributed by atoms with Gasteiger partial charge in [-0.25, -0.2) is 4.90 Å². The van der Waals surface area contributed by atoms with Crippen LogP contribution < -0.4 is 9.64 Å². The predicted octanol–water partition coefficient (Wildman–Crippen LogP) is 5.24. The number of alkyl halides is 3. The van der Waals surface area contributed by atoms with E-state index in [1.807, 2.05) is 18.2 Å². The van der Waals surface area contributed by atoms with E-state index in [1.54, 1.807) is 13.0 Å². The van der Waals surface area contributed by atoms with Gasteiger partial charge in [-0.1, -0.05) is 22.0 Å². The van der Waals surface area contributed by atoms with Crippen molar-refractivity contribution in [2.75, 3.05) is 11.5 Å². The van der Waals surface area contributed by atoms with Gasteiger partial charge in [0, 0.05) is 10.9 Å². The van der Waals surface area contributed by atoms with Crippen molar-refractivity contribution in [3.63, 3.8) is 0 Å². The van der Waals surface area contributed by atoms with Gasteiger partial charge < -0.3 is 9.47 Å². The number of nitrogens with zero attached hydrogens (tertiary/aromatic N) is 2. The molecule has 3 aliphatic heterocycles. The summed E-state index contributed by atoms with van der Waals surface area (Å²) in [6.07, 6.45) is -3.36. The Balaban J connectivity index is 1.44. The van der Waals surface area contributed by atoms with Gasteiger partial charge in [0.1, 0.15) is 5.75 Å². The highest BCUT2D eigenvalue weighted by molar-refractivity contribution is 9.10. The van der Waals surface area contributed by atoms with Gasteiger partial charge in [-0.2, -0.15) is 18.4 Å². The van der Waals surface area contributed by atoms with Crippen molar-refractivity contribution >= 4 is 33.4 Å². The molecule has 5 rings (SSSR count). The summed E-state index contributed by atoms with van der Waals surface area (Å²) in [5.41, 5.74) is -3.77. The summed E-state index contributed by atoms with van der Waals surface area (Å²) in [6, 6.07) is 11.7. The number of hydrogen-bond acceptors (Lipinski definition) is 5. The molecule has 0 saturated carbocycles. The van der Waals surface area contributed by atoms with Crippen LogP contribution in [0.25, 0.3) is 0 Å². The summed E-state index contributed by atoms with van der Waals surface area (Å²) in [6.45, 7) is 2.02. The Morgan fingerprint density at radius 1 is 1.17 bits per heavy atom. The topological polar surface area (TPSA) is 79.6 Å². The lowest BCUT2D eigenvalue weighted by atomic mass is 9.67. The fourth-order valence-corrected chi connectivity index (χ4v) is 6.14. The van der Waals surface area contributed by atoms with E-state index < -0.39 is 52.2 Å². The van der Waals surface area contributed by atoms with E-state index >= 15 is 0 Å². The Morgan fingerprint density at radius 2 is 1.91 bits per heavy atom. The number of fused-ring (bicyclic) bond motifs is 5. The van der Waals surface area contributed by atoms with E-state index in [-0.39, 0.29) is 12.3 Å². The van der Waals surface area contributed by atoms with Crippen LogP contribution in [0.1, 0.15) is 37.3 Å². The SMILES string of the molecule is CC12CCC(CCOc3cccc(Br)c3)(O1)C1C(=O)N(c3ccc(C#N)c(C(F)(F)F)c3)C(=O)C12. The van der Waals surface area contributed by atoms with Crippen molar-refractivity contribution in [3.05, 3.63) is 58.1 Å². The molecule has 2 aromatic carbocycles. The van der Waals surface area contributed by atoms with E-state index in [4.69, 9.17) is 14.7 Å². The Bertz CT molecular complexity index is 1280. The third-order valence-electron chi connectivity index (χ3n) is 7.29. The first-order valence-corrected chi connectivity index (χ1v) is 11.9. The Labute approximate surface area is 207 Å². The van der Waals surface area contributed by atoms with Crippen LogP contribution in [-0.2, 0) is 20.5 Å². The summed E-state index contributed by atoms with van der Waals surface area (Å²) < 4.78 is 53.6. The number of amides is 2. The minimum atomic E-state index is -4.80. The lowest BCUT2D eigenvalue weighted by Gasteiger charge is -2.31. The molecule has 0 N–H and O–H groups in total. The Morgan fingerprint density at radius 3 is 2.60 bits per heavy atom. The maximum Gasteiger partial charge on any atom is 0.417 e. The number of halogens is 4. The highest BCUT2D eigenvalue weighted by Crippen LogP contribution is 2.62. The zero-order valence-electron chi connectivity index (χ0n) is 18.6. The van der Waals surface area contributed by atoms with E-state index in [9.17, 15) is 22.8 Å². The van der Waals surface area contributed by atoms with Crippen molar-refractivity contribution in [2.45, 2.75) is 43.6 Å². The summed E-state index contributed by atoms with van der Waals surface area (Å²) in [4.78, 5) is 27.8. The molecule has 2 bridgehead atoms. The number of imide groups is 1. The maximum absolute atomic E-state index is 13.6. The quantitative estimate of drug-likeness (QED) is 0.477. The van der Waals surface area contributed by atoms with Crippen LogP contribution in [0.4, 0.5) is 18.9 Å². The Kier molecular flexibility index (Phi) is 5.49. The molecule has 3 heterocycles. The minimum absolute atomic E-state index is 0.190. The van der Waals surface area contributed by atoms with E-state index in [2.05, 4.69) is 15.9 Å². The van der Waals surface area contributed by atoms with E-state index in [1.165, 1.54) is 12.1 Å². The first-order chi connectivity index (χ1) is 16.5. The number of ether oxygens (including phenoxy) is 2. The van der Waals surface area contributed by atoms with Crippen molar-refractivity contribution in [1.82, 2.24) is 0 Å². The fourth-order valence-electron chi connectivity index (χ4n) is 5.77. The molecular formula is C25H20BrF3N2O4. The second kappa shape index (κ2) is 8.07. The first-order valence-electron chi connectivity index (χ1n) is 11.1. The van der Waals surface area contributed by atoms with Crippen LogP contribution in [0.2, 0.25) is 0 Å². The largest absolute Gasteiger partial charge is 0.493 e. The van der Waals surface area contributed by atoms with Crippen LogP contribution in [0.3, 0.4) is 0 Å². The van der Waals surface area contributed by atoms with Gasteiger partial charge in [0.15, 0.2) is 0 Å². The van der Waals surface area contributed by atoms with Crippen molar-refractivity contribution < 1.29 is 32.2 Å². The molecule has 0 aromatic heterocycles. The molecule has 0 aliphatic carbocycles. The maximum atomic E-state index is 13.6. The van der Waals surface area contributed by atoms with Gasteiger partial charge in [-0.05, 0) is 56.2 Å². The molecule has 2 aromatic rings. The third kappa shape index (κ3) is 3.72. The summed E-state index contributed by atoms with van der Waals surface area (Å²) in [5, 5.41) is 9.07. The number of carbonyl (C=O) groups is 2. The fraction of sp³-hybridized carbons (Fsp3) is 0.400. The molecule has 3 fully saturated rings. The van der Waals surface area contributed by atoms with Crippen LogP contribution in [0.5, 0.6) is 5.75 Å². The lowest BCUT2D eigenvalue weighted by Crippen LogP contribution is -2.43. The number of anilines is 1. The van der Waals surface area contributed by atoms with Crippen LogP contribution in [-0.4, -0.2) is 29.6 Å².